The number of amides is 8. The maximum absolute atomic E-state index is 13.8. The Morgan fingerprint density at radius 1 is 0.482 bits per heavy atom. The normalized spacial score (nSPS) is 14.6. The van der Waals surface area contributed by atoms with E-state index in [-0.39, 0.29) is 169 Å². The quantitative estimate of drug-likeness (QED) is 0.0272. The van der Waals surface area contributed by atoms with E-state index in [0.717, 1.165) is 55.5 Å². The van der Waals surface area contributed by atoms with E-state index in [1.54, 1.807) is 73.1 Å². The molecule has 0 fully saturated rings. The fourth-order valence-corrected chi connectivity index (χ4v) is 15.9. The molecule has 8 heterocycles. The molecule has 6 aromatic carbocycles. The Morgan fingerprint density at radius 3 is 1.39 bits per heavy atom. The number of aryl methyl sites for hydroxylation is 2. The van der Waals surface area contributed by atoms with Gasteiger partial charge in [0, 0.05) is 174 Å². The number of carbonyl (C=O) groups is 8. The fourth-order valence-electron chi connectivity index (χ4n) is 13.9. The smallest absolute Gasteiger partial charge is 0.272 e. The zero-order chi connectivity index (χ0) is 78.7. The molecule has 114 heavy (non-hydrogen) atoms. The molecule has 4 aliphatic rings. The predicted molar refractivity (Wildman–Crippen MR) is 443 cm³/mol. The van der Waals surface area contributed by atoms with Gasteiger partial charge in [0.05, 0.1) is 59.7 Å². The van der Waals surface area contributed by atoms with Crippen LogP contribution < -0.4 is 65.5 Å². The van der Waals surface area contributed by atoms with Crippen LogP contribution in [0.15, 0.2) is 146 Å². The molecule has 0 saturated heterocycles. The van der Waals surface area contributed by atoms with E-state index in [1.165, 1.54) is 35.3 Å². The van der Waals surface area contributed by atoms with Gasteiger partial charge in [-0.25, -0.2) is 13.1 Å². The molecule has 0 bridgehead atoms. The Labute approximate surface area is 723 Å². The largest absolute Gasteiger partial charge is 0.522 e. The average molecular weight is 1730 g/mol. The molecule has 4 aliphatic heterocycles. The molecular weight excluding hydrogens is 1630 g/mol. The summed E-state index contributed by atoms with van der Waals surface area (Å²) in [6.45, 7) is 18.7. The Hall–Kier alpha value is -9.43. The molecule has 28 heteroatoms. The Kier molecular flexibility index (Phi) is 28.2. The van der Waals surface area contributed by atoms with Gasteiger partial charge in [0.25, 0.3) is 35.4 Å². The van der Waals surface area contributed by atoms with Crippen molar-refractivity contribution in [3.8, 4) is 23.0 Å². The number of methoxy groups -OCH3 is 2. The van der Waals surface area contributed by atoms with Crippen LogP contribution in [0.1, 0.15) is 152 Å². The first-order valence-electron chi connectivity index (χ1n) is 36.9. The van der Waals surface area contributed by atoms with E-state index in [9.17, 15) is 38.4 Å². The molecule has 0 unspecified atom stereocenters. The van der Waals surface area contributed by atoms with Gasteiger partial charge in [-0.15, -0.1) is 22.7 Å². The van der Waals surface area contributed by atoms with E-state index in [0.29, 0.717) is 116 Å². The van der Waals surface area contributed by atoms with E-state index in [2.05, 4.69) is 105 Å². The standard InChI is InChI=1S/C43H47N6O6S.C42H45N6O6S.CH4.2Y/c1-43(2,3)25-44-41(52)38-18-28-16-29(13-14-37(28)56-38)46-40(51)34-19-30(23-47(34)4)45-39(50)12-9-15-55-36-21-33-32(20-35(36)54-6)42(53)49-22-27-11-8-7-10-26(27)17-31(49)24-48(33)5;1-42(2,3)24-43-40(51)37-18-26-16-27(13-14-36(26)55-37)45-39(50)33-19-28(22-46(33)4)44-38(49)12-9-15-54-35-21-32-30(20-34(35)53-6)41(52)48-29(23-47(32)5)17-25-10-7-8-11-31(25)48;;;/h7-8,10-11,13-14,16,18-21,23-24,31H,9,12,15,17,22,25H2,1-6H3,(H,44,52)(H,45,50)(H,46,51);7-8,10-11,13-14,16,18-23,29H,9,12,15,17,24H2,1-6H3,(H,43,51)(H,44,49)(H,45,50);1H4;;/q2*-1;;;/t31-;29-;;;/m00.../s1. The molecule has 0 saturated carbocycles. The van der Waals surface area contributed by atoms with Gasteiger partial charge in [-0.05, 0) is 157 Å². The number of carbonyl (C=O) groups excluding carboxylic acids is 8. The van der Waals surface area contributed by atoms with E-state index >= 15 is 0 Å². The summed E-state index contributed by atoms with van der Waals surface area (Å²) >= 11 is 2.82. The van der Waals surface area contributed by atoms with Gasteiger partial charge in [-0.1, -0.05) is 104 Å². The van der Waals surface area contributed by atoms with Crippen LogP contribution in [0.2, 0.25) is 0 Å². The molecule has 0 aliphatic carbocycles. The second-order valence-corrected chi connectivity index (χ2v) is 32.8. The molecule has 24 nitrogen and oxygen atoms in total. The van der Waals surface area contributed by atoms with Crippen molar-refractivity contribution < 1.29 is 123 Å². The minimum absolute atomic E-state index is 0. The second kappa shape index (κ2) is 37.0. The van der Waals surface area contributed by atoms with E-state index in [4.69, 9.17) is 18.9 Å². The molecule has 2 atom stereocenters. The number of fused-ring (bicyclic) bond motifs is 9. The SMILES string of the molecule is C.COc1cc2c(cc1OCCCC(=O)Nc1cc(C(=O)Nc3ccc4sc(C(=O)NCC(C)(C)C)cc4c3)n(C)c1)N(C)[CH-][C@@H]1Cc3ccccc3CN1C2=O.COc1cc2c(cc1OCCCC(=O)Nc1cc(C(=O)Nc3ccc4sc(C(=O)NCC(C)(C)C)cc4c3)n(C)c1)N(C)[CH-][C@@H]1Cc3ccccc3N1C2=O.[Y].[Y]. The minimum Gasteiger partial charge on any atom is -0.522 e. The number of anilines is 7. The summed E-state index contributed by atoms with van der Waals surface area (Å²) in [4.78, 5) is 114. The van der Waals surface area contributed by atoms with Gasteiger partial charge in [-0.3, -0.25) is 38.4 Å². The van der Waals surface area contributed by atoms with Gasteiger partial charge < -0.3 is 79.6 Å². The summed E-state index contributed by atoms with van der Waals surface area (Å²) < 4.78 is 28.7. The van der Waals surface area contributed by atoms with Crippen molar-refractivity contribution in [3.63, 3.8) is 0 Å². The number of aromatic nitrogens is 2. The summed E-state index contributed by atoms with van der Waals surface area (Å²) in [5, 5.41) is 19.3. The van der Waals surface area contributed by atoms with Crippen molar-refractivity contribution in [2.75, 3.05) is 90.6 Å². The Balaban J connectivity index is 0.000000235. The number of ether oxygens (including phenoxy) is 4. The van der Waals surface area contributed by atoms with Crippen LogP contribution in [0.25, 0.3) is 20.2 Å². The summed E-state index contributed by atoms with van der Waals surface area (Å²) in [5.74, 6) is 0.356. The van der Waals surface area contributed by atoms with Crippen LogP contribution in [0.5, 0.6) is 23.0 Å². The maximum atomic E-state index is 13.8. The van der Waals surface area contributed by atoms with Crippen LogP contribution in [0.4, 0.5) is 39.8 Å². The van der Waals surface area contributed by atoms with Crippen LogP contribution in [-0.2, 0) is 108 Å². The first-order chi connectivity index (χ1) is 53.0. The summed E-state index contributed by atoms with van der Waals surface area (Å²) in [6.07, 6.45) is 6.08. The van der Waals surface area contributed by atoms with Crippen LogP contribution >= 0.6 is 22.7 Å². The molecule has 592 valence electrons. The third kappa shape index (κ3) is 20.3. The van der Waals surface area contributed by atoms with Gasteiger partial charge in [-0.2, -0.15) is 0 Å². The zero-order valence-electron chi connectivity index (χ0n) is 65.5. The van der Waals surface area contributed by atoms with Crippen LogP contribution in [0.3, 0.4) is 0 Å². The topological polar surface area (TPSA) is 268 Å². The molecule has 10 aromatic rings. The molecule has 6 N–H and O–H groups in total. The molecule has 8 amide bonds. The molecular formula is C86H96N12O12S2Y2-2. The molecule has 4 aromatic heterocycles. The number of para-hydroxylation sites is 1. The number of rotatable bonds is 22. The predicted octanol–water partition coefficient (Wildman–Crippen LogP) is 15.1. The monoisotopic (exact) mass is 1730 g/mol. The number of hydrogen-bond donors (Lipinski definition) is 6. The number of nitrogens with zero attached hydrogens (tertiary/aromatic N) is 6. The van der Waals surface area contributed by atoms with Crippen molar-refractivity contribution in [2.45, 2.75) is 106 Å². The second-order valence-electron chi connectivity index (χ2n) is 30.7. The summed E-state index contributed by atoms with van der Waals surface area (Å²) in [6, 6.07) is 41.2. The number of nitrogens with one attached hydrogen (secondary N) is 6. The Morgan fingerprint density at radius 2 is 0.921 bits per heavy atom. The first kappa shape index (κ1) is 87.0. The summed E-state index contributed by atoms with van der Waals surface area (Å²) in [5.41, 5.74) is 9.85. The van der Waals surface area contributed by atoms with Crippen molar-refractivity contribution >= 4 is 130 Å². The van der Waals surface area contributed by atoms with Gasteiger partial charge in [0.15, 0.2) is 23.0 Å². The minimum atomic E-state index is -0.334. The van der Waals surface area contributed by atoms with Gasteiger partial charge >= 0.3 is 0 Å². The Bertz CT molecular complexity index is 5290. The van der Waals surface area contributed by atoms with Crippen molar-refractivity contribution in [2.24, 2.45) is 24.9 Å². The zero-order valence-corrected chi connectivity index (χ0v) is 72.8. The van der Waals surface area contributed by atoms with Gasteiger partial charge in [0.2, 0.25) is 11.8 Å². The molecule has 14 rings (SSSR count). The number of benzene rings is 6. The van der Waals surface area contributed by atoms with Gasteiger partial charge in [0.1, 0.15) is 11.4 Å². The number of hydrogen-bond acceptors (Lipinski definition) is 16. The van der Waals surface area contributed by atoms with Crippen molar-refractivity contribution in [1.82, 2.24) is 24.7 Å². The first-order valence-corrected chi connectivity index (χ1v) is 38.5. The van der Waals surface area contributed by atoms with Crippen molar-refractivity contribution in [1.29, 1.82) is 0 Å². The van der Waals surface area contributed by atoms with Crippen LogP contribution in [0, 0.1) is 23.9 Å². The third-order valence-electron chi connectivity index (χ3n) is 19.6. The molecule has 0 spiro atoms. The maximum Gasteiger partial charge on any atom is 0.272 e. The summed E-state index contributed by atoms with van der Waals surface area (Å²) in [7, 11) is 10.4. The van der Waals surface area contributed by atoms with Crippen molar-refractivity contribution in [3.05, 3.63) is 208 Å². The fraction of sp³-hybridized carbons (Fsp3) is 0.326. The third-order valence-corrected chi connectivity index (χ3v) is 21.8. The number of thiophene rings is 2. The van der Waals surface area contributed by atoms with Crippen LogP contribution in [-0.4, -0.2) is 128 Å². The van der Waals surface area contributed by atoms with E-state index < -0.39 is 0 Å². The van der Waals surface area contributed by atoms with E-state index in [1.807, 2.05) is 119 Å². The molecule has 2 radical (unpaired) electrons. The average Bonchev–Trinajstić information content (AvgIpc) is 1.60. The number of likely N-dealkylation sites (N-methyl/N-ethyl adjacent to an activating group) is 2.